The highest BCUT2D eigenvalue weighted by atomic mass is 16.6. The summed E-state index contributed by atoms with van der Waals surface area (Å²) in [5, 5.41) is 28.9. The van der Waals surface area contributed by atoms with Gasteiger partial charge in [-0.05, 0) is 32.1 Å². The first kappa shape index (κ1) is 26.6. The van der Waals surface area contributed by atoms with Crippen molar-refractivity contribution in [3.8, 4) is 0 Å². The van der Waals surface area contributed by atoms with Crippen LogP contribution in [-0.4, -0.2) is 59.6 Å². The lowest BCUT2D eigenvalue weighted by molar-refractivity contribution is -0.208. The summed E-state index contributed by atoms with van der Waals surface area (Å²) in [5.41, 5.74) is 0. The van der Waals surface area contributed by atoms with E-state index in [1.165, 1.54) is 77.0 Å². The topological polar surface area (TPSA) is 79.2 Å². The molecule has 0 aromatic carbocycles. The van der Waals surface area contributed by atoms with Gasteiger partial charge in [0.15, 0.2) is 0 Å². The number of rotatable bonds is 18. The van der Waals surface area contributed by atoms with Crippen molar-refractivity contribution in [2.24, 2.45) is 0 Å². The number of allylic oxidation sites excluding steroid dienone is 2. The lowest BCUT2D eigenvalue weighted by atomic mass is 10.0. The van der Waals surface area contributed by atoms with Crippen molar-refractivity contribution in [3.63, 3.8) is 0 Å². The van der Waals surface area contributed by atoms with Gasteiger partial charge in [0.1, 0.15) is 24.4 Å². The van der Waals surface area contributed by atoms with Crippen molar-refractivity contribution in [3.05, 3.63) is 12.2 Å². The Morgan fingerprint density at radius 3 is 1.93 bits per heavy atom. The minimum absolute atomic E-state index is 0.218. The summed E-state index contributed by atoms with van der Waals surface area (Å²) in [6, 6.07) is 0. The first-order valence-electron chi connectivity index (χ1n) is 12.1. The second-order valence-corrected chi connectivity index (χ2v) is 8.38. The Labute approximate surface area is 178 Å². The van der Waals surface area contributed by atoms with Crippen LogP contribution in [0.3, 0.4) is 0 Å². The van der Waals surface area contributed by atoms with Gasteiger partial charge in [-0.15, -0.1) is 0 Å². The number of unbranched alkanes of at least 4 members (excludes halogenated alkanes) is 12. The highest BCUT2D eigenvalue weighted by Crippen LogP contribution is 2.18. The van der Waals surface area contributed by atoms with Gasteiger partial charge in [0.2, 0.25) is 0 Å². The van der Waals surface area contributed by atoms with E-state index in [-0.39, 0.29) is 13.2 Å². The van der Waals surface area contributed by atoms with E-state index >= 15 is 0 Å². The van der Waals surface area contributed by atoms with Crippen LogP contribution in [0.5, 0.6) is 0 Å². The molecule has 0 saturated carbocycles. The second kappa shape index (κ2) is 18.3. The first-order chi connectivity index (χ1) is 14.2. The lowest BCUT2D eigenvalue weighted by Gasteiger charge is -2.36. The molecule has 5 nitrogen and oxygen atoms in total. The minimum Gasteiger partial charge on any atom is -0.394 e. The Balaban J connectivity index is 1.84. The molecule has 0 spiro atoms. The van der Waals surface area contributed by atoms with Crippen LogP contribution in [0.1, 0.15) is 96.8 Å². The van der Waals surface area contributed by atoms with Crippen molar-refractivity contribution in [1.29, 1.82) is 0 Å². The first-order valence-corrected chi connectivity index (χ1v) is 12.1. The monoisotopic (exact) mass is 414 g/mol. The average molecular weight is 415 g/mol. The number of hydrogen-bond acceptors (Lipinski definition) is 5. The molecule has 0 aliphatic carbocycles. The van der Waals surface area contributed by atoms with Gasteiger partial charge in [0.25, 0.3) is 0 Å². The predicted octanol–water partition coefficient (Wildman–Crippen LogP) is 4.52. The van der Waals surface area contributed by atoms with Crippen LogP contribution in [0.15, 0.2) is 12.2 Å². The Hall–Kier alpha value is -0.460. The van der Waals surface area contributed by atoms with E-state index in [9.17, 15) is 10.2 Å². The van der Waals surface area contributed by atoms with Crippen LogP contribution in [0, 0.1) is 0 Å². The quantitative estimate of drug-likeness (QED) is 0.227. The summed E-state index contributed by atoms with van der Waals surface area (Å²) < 4.78 is 11.0. The molecule has 172 valence electrons. The van der Waals surface area contributed by atoms with Gasteiger partial charge in [-0.2, -0.15) is 0 Å². The maximum atomic E-state index is 10.0. The van der Waals surface area contributed by atoms with Crippen LogP contribution in [0.25, 0.3) is 0 Å². The number of hydrogen-bond donors (Lipinski definition) is 3. The van der Waals surface area contributed by atoms with Crippen LogP contribution >= 0.6 is 0 Å². The largest absolute Gasteiger partial charge is 0.394 e. The highest BCUT2D eigenvalue weighted by Gasteiger charge is 2.38. The highest BCUT2D eigenvalue weighted by molar-refractivity contribution is 4.87. The molecule has 0 bridgehead atoms. The Morgan fingerprint density at radius 2 is 1.34 bits per heavy atom. The minimum atomic E-state index is -1.08. The molecule has 1 saturated heterocycles. The standard InChI is InChI=1S/C24H46O5/c1-2-3-4-5-6-7-8-9-10-11-12-13-14-15-16-17-18-28-22-20-29-21(19-25)23(26)24(22)27/h9-10,21-27H,2-8,11-20H2,1H3/b10-9+/t21-,22+,23-,24-/m0/s1. The summed E-state index contributed by atoms with van der Waals surface area (Å²) in [6.07, 6.45) is 19.2. The SMILES string of the molecule is CCCCCCCC/C=C/CCCCCCCCO[C@@H]1CO[C@@H](CO)[C@H](O)[C@H]1O. The summed E-state index contributed by atoms with van der Waals surface area (Å²) in [5.74, 6) is 0. The van der Waals surface area contributed by atoms with Gasteiger partial charge in [0, 0.05) is 6.61 Å². The van der Waals surface area contributed by atoms with E-state index in [1.54, 1.807) is 0 Å². The maximum absolute atomic E-state index is 10.0. The molecular formula is C24H46O5. The van der Waals surface area contributed by atoms with Crippen LogP contribution in [0.4, 0.5) is 0 Å². The smallest absolute Gasteiger partial charge is 0.111 e. The summed E-state index contributed by atoms with van der Waals surface area (Å²) in [7, 11) is 0. The van der Waals surface area contributed by atoms with E-state index in [2.05, 4.69) is 19.1 Å². The molecule has 0 aromatic rings. The maximum Gasteiger partial charge on any atom is 0.111 e. The van der Waals surface area contributed by atoms with E-state index in [0.29, 0.717) is 6.61 Å². The number of ether oxygens (including phenoxy) is 2. The molecule has 1 fully saturated rings. The molecule has 1 aliphatic heterocycles. The third kappa shape index (κ3) is 12.7. The lowest BCUT2D eigenvalue weighted by Crippen LogP contribution is -2.55. The molecule has 29 heavy (non-hydrogen) atoms. The summed E-state index contributed by atoms with van der Waals surface area (Å²) in [6.45, 7) is 2.76. The molecule has 3 N–H and O–H groups in total. The van der Waals surface area contributed by atoms with Crippen LogP contribution < -0.4 is 0 Å². The van der Waals surface area contributed by atoms with Gasteiger partial charge >= 0.3 is 0 Å². The van der Waals surface area contributed by atoms with Crippen molar-refractivity contribution >= 4 is 0 Å². The molecule has 0 unspecified atom stereocenters. The zero-order valence-electron chi connectivity index (χ0n) is 18.6. The molecule has 1 aliphatic rings. The van der Waals surface area contributed by atoms with E-state index in [0.717, 1.165) is 12.8 Å². The second-order valence-electron chi connectivity index (χ2n) is 8.38. The van der Waals surface area contributed by atoms with Gasteiger partial charge in [0.05, 0.1) is 13.2 Å². The summed E-state index contributed by atoms with van der Waals surface area (Å²) >= 11 is 0. The normalized spacial score (nSPS) is 25.1. The average Bonchev–Trinajstić information content (AvgIpc) is 2.73. The third-order valence-electron chi connectivity index (χ3n) is 5.75. The molecular weight excluding hydrogens is 368 g/mol. The van der Waals surface area contributed by atoms with Crippen molar-refractivity contribution in [1.82, 2.24) is 0 Å². The molecule has 0 amide bonds. The van der Waals surface area contributed by atoms with Crippen molar-refractivity contribution in [2.75, 3.05) is 19.8 Å². The number of aliphatic hydroxyl groups excluding tert-OH is 3. The molecule has 5 heteroatoms. The fraction of sp³-hybridized carbons (Fsp3) is 0.917. The fourth-order valence-corrected chi connectivity index (χ4v) is 3.75. The van der Waals surface area contributed by atoms with Gasteiger partial charge in [-0.25, -0.2) is 0 Å². The van der Waals surface area contributed by atoms with E-state index in [4.69, 9.17) is 14.6 Å². The Morgan fingerprint density at radius 1 is 0.793 bits per heavy atom. The Kier molecular flexibility index (Phi) is 16.8. The van der Waals surface area contributed by atoms with Gasteiger partial charge in [-0.1, -0.05) is 76.9 Å². The van der Waals surface area contributed by atoms with Gasteiger partial charge in [-0.3, -0.25) is 0 Å². The van der Waals surface area contributed by atoms with Crippen molar-refractivity contribution < 1.29 is 24.8 Å². The van der Waals surface area contributed by atoms with E-state index in [1.807, 2.05) is 0 Å². The zero-order valence-corrected chi connectivity index (χ0v) is 18.6. The molecule has 0 radical (unpaired) electrons. The van der Waals surface area contributed by atoms with E-state index < -0.39 is 24.4 Å². The third-order valence-corrected chi connectivity index (χ3v) is 5.75. The van der Waals surface area contributed by atoms with Crippen molar-refractivity contribution in [2.45, 2.75) is 121 Å². The van der Waals surface area contributed by atoms with Crippen LogP contribution in [-0.2, 0) is 9.47 Å². The molecule has 1 heterocycles. The molecule has 4 atom stereocenters. The fourth-order valence-electron chi connectivity index (χ4n) is 3.75. The molecule has 1 rings (SSSR count). The summed E-state index contributed by atoms with van der Waals surface area (Å²) in [4.78, 5) is 0. The molecule has 0 aromatic heterocycles. The van der Waals surface area contributed by atoms with Gasteiger partial charge < -0.3 is 24.8 Å². The predicted molar refractivity (Wildman–Crippen MR) is 118 cm³/mol. The number of aliphatic hydroxyl groups is 3. The zero-order chi connectivity index (χ0) is 21.2. The van der Waals surface area contributed by atoms with Crippen LogP contribution in [0.2, 0.25) is 0 Å². The Bertz CT molecular complexity index is 387.